The Bertz CT molecular complexity index is 681. The molecule has 1 saturated heterocycles. The fourth-order valence-corrected chi connectivity index (χ4v) is 2.56. The second-order valence-electron chi connectivity index (χ2n) is 5.47. The molecule has 1 aromatic heterocycles. The van der Waals surface area contributed by atoms with Gasteiger partial charge in [-0.1, -0.05) is 35.5 Å². The predicted molar refractivity (Wildman–Crippen MR) is 79.8 cm³/mol. The molecule has 0 aliphatic carbocycles. The zero-order chi connectivity index (χ0) is 15.5. The number of anilines is 1. The van der Waals surface area contributed by atoms with Crippen molar-refractivity contribution in [3.63, 3.8) is 0 Å². The molecule has 2 heterocycles. The summed E-state index contributed by atoms with van der Waals surface area (Å²) in [5, 5.41) is 6.41. The number of nitrogens with one attached hydrogen (secondary N) is 1. The number of hydrogen-bond donors (Lipinski definition) is 1. The third-order valence-corrected chi connectivity index (χ3v) is 3.68. The van der Waals surface area contributed by atoms with Crippen molar-refractivity contribution in [1.29, 1.82) is 0 Å². The smallest absolute Gasteiger partial charge is 0.231 e. The van der Waals surface area contributed by atoms with E-state index in [1.165, 1.54) is 0 Å². The highest BCUT2D eigenvalue weighted by Gasteiger charge is 2.34. The summed E-state index contributed by atoms with van der Waals surface area (Å²) in [6, 6.07) is 11.4. The lowest BCUT2D eigenvalue weighted by Gasteiger charge is -2.16. The van der Waals surface area contributed by atoms with Gasteiger partial charge < -0.3 is 14.7 Å². The van der Waals surface area contributed by atoms with E-state index in [9.17, 15) is 9.59 Å². The summed E-state index contributed by atoms with van der Waals surface area (Å²) in [5.74, 6) is 0.464. The SMILES string of the molecule is Cc1cc(NC(=O)C2CC(=O)N(Cc3ccccc3)C2)no1. The fraction of sp³-hybridized carbons (Fsp3) is 0.312. The van der Waals surface area contributed by atoms with Crippen LogP contribution in [0.2, 0.25) is 0 Å². The lowest BCUT2D eigenvalue weighted by atomic mass is 10.1. The molecule has 22 heavy (non-hydrogen) atoms. The summed E-state index contributed by atoms with van der Waals surface area (Å²) in [7, 11) is 0. The molecule has 6 heteroatoms. The summed E-state index contributed by atoms with van der Waals surface area (Å²) in [4.78, 5) is 26.0. The van der Waals surface area contributed by atoms with Crippen LogP contribution in [0, 0.1) is 12.8 Å². The first-order chi connectivity index (χ1) is 10.6. The second kappa shape index (κ2) is 6.01. The van der Waals surface area contributed by atoms with Crippen molar-refractivity contribution in [3.8, 4) is 0 Å². The topological polar surface area (TPSA) is 75.4 Å². The van der Waals surface area contributed by atoms with Crippen LogP contribution < -0.4 is 5.32 Å². The van der Waals surface area contributed by atoms with Gasteiger partial charge in [0.05, 0.1) is 5.92 Å². The normalized spacial score (nSPS) is 17.8. The molecule has 0 bridgehead atoms. The molecule has 1 aliphatic heterocycles. The highest BCUT2D eigenvalue weighted by molar-refractivity contribution is 5.96. The van der Waals surface area contributed by atoms with Crippen molar-refractivity contribution in [1.82, 2.24) is 10.1 Å². The molecular formula is C16H17N3O3. The predicted octanol–water partition coefficient (Wildman–Crippen LogP) is 1.97. The Morgan fingerprint density at radius 3 is 2.86 bits per heavy atom. The van der Waals surface area contributed by atoms with Gasteiger partial charge in [-0.2, -0.15) is 0 Å². The van der Waals surface area contributed by atoms with E-state index in [1.54, 1.807) is 17.9 Å². The molecule has 2 amide bonds. The van der Waals surface area contributed by atoms with Gasteiger partial charge in [-0.15, -0.1) is 0 Å². The maximum Gasteiger partial charge on any atom is 0.231 e. The molecule has 0 radical (unpaired) electrons. The zero-order valence-corrected chi connectivity index (χ0v) is 12.3. The lowest BCUT2D eigenvalue weighted by molar-refractivity contribution is -0.128. The first-order valence-corrected chi connectivity index (χ1v) is 7.17. The molecule has 6 nitrogen and oxygen atoms in total. The van der Waals surface area contributed by atoms with E-state index in [4.69, 9.17) is 4.52 Å². The van der Waals surface area contributed by atoms with E-state index in [1.807, 2.05) is 30.3 Å². The summed E-state index contributed by atoms with van der Waals surface area (Å²) >= 11 is 0. The van der Waals surface area contributed by atoms with E-state index < -0.39 is 0 Å². The molecule has 1 N–H and O–H groups in total. The van der Waals surface area contributed by atoms with Crippen LogP contribution in [0.15, 0.2) is 40.9 Å². The van der Waals surface area contributed by atoms with Gasteiger partial charge in [0.1, 0.15) is 5.76 Å². The molecular weight excluding hydrogens is 282 g/mol. The zero-order valence-electron chi connectivity index (χ0n) is 12.3. The van der Waals surface area contributed by atoms with E-state index in [-0.39, 0.29) is 24.2 Å². The fourth-order valence-electron chi connectivity index (χ4n) is 2.56. The average Bonchev–Trinajstić information content (AvgIpc) is 3.07. The van der Waals surface area contributed by atoms with Gasteiger partial charge in [-0.3, -0.25) is 9.59 Å². The molecule has 1 aromatic carbocycles. The quantitative estimate of drug-likeness (QED) is 0.936. The summed E-state index contributed by atoms with van der Waals surface area (Å²) in [6.07, 6.45) is 0.232. The van der Waals surface area contributed by atoms with Gasteiger partial charge in [-0.25, -0.2) is 0 Å². The third kappa shape index (κ3) is 3.16. The standard InChI is InChI=1S/C16H17N3O3/c1-11-7-14(18-22-11)17-16(21)13-8-15(20)19(10-13)9-12-5-3-2-4-6-12/h2-7,13H,8-10H2,1H3,(H,17,18,21). The number of carbonyl (C=O) groups is 2. The van der Waals surface area contributed by atoms with E-state index in [0.29, 0.717) is 24.7 Å². The number of carbonyl (C=O) groups excluding carboxylic acids is 2. The van der Waals surface area contributed by atoms with Crippen molar-refractivity contribution in [2.75, 3.05) is 11.9 Å². The number of rotatable bonds is 4. The Morgan fingerprint density at radius 2 is 2.18 bits per heavy atom. The number of hydrogen-bond acceptors (Lipinski definition) is 4. The summed E-state index contributed by atoms with van der Waals surface area (Å²) in [5.41, 5.74) is 1.06. The van der Waals surface area contributed by atoms with Crippen LogP contribution in [0.5, 0.6) is 0 Å². The summed E-state index contributed by atoms with van der Waals surface area (Å²) in [6.45, 7) is 2.71. The summed E-state index contributed by atoms with van der Waals surface area (Å²) < 4.78 is 4.91. The van der Waals surface area contributed by atoms with E-state index in [0.717, 1.165) is 5.56 Å². The van der Waals surface area contributed by atoms with Gasteiger partial charge in [0.25, 0.3) is 0 Å². The van der Waals surface area contributed by atoms with Crippen LogP contribution in [0.25, 0.3) is 0 Å². The highest BCUT2D eigenvalue weighted by Crippen LogP contribution is 2.21. The minimum atomic E-state index is -0.354. The van der Waals surface area contributed by atoms with Gasteiger partial charge in [0.2, 0.25) is 11.8 Å². The maximum atomic E-state index is 12.2. The van der Waals surface area contributed by atoms with Crippen LogP contribution in [-0.4, -0.2) is 28.4 Å². The molecule has 0 saturated carbocycles. The minimum absolute atomic E-state index is 0.000312. The second-order valence-corrected chi connectivity index (χ2v) is 5.47. The number of aromatic nitrogens is 1. The molecule has 1 unspecified atom stereocenters. The van der Waals surface area contributed by atoms with Crippen LogP contribution >= 0.6 is 0 Å². The van der Waals surface area contributed by atoms with Gasteiger partial charge >= 0.3 is 0 Å². The Morgan fingerprint density at radius 1 is 1.41 bits per heavy atom. The van der Waals surface area contributed by atoms with Crippen LogP contribution in [0.4, 0.5) is 5.82 Å². The number of amides is 2. The third-order valence-electron chi connectivity index (χ3n) is 3.68. The monoisotopic (exact) mass is 299 g/mol. The number of benzene rings is 1. The molecule has 1 fully saturated rings. The Kier molecular flexibility index (Phi) is 3.91. The first kappa shape index (κ1) is 14.3. The van der Waals surface area contributed by atoms with Crippen molar-refractivity contribution < 1.29 is 14.1 Å². The van der Waals surface area contributed by atoms with Gasteiger partial charge in [-0.05, 0) is 12.5 Å². The lowest BCUT2D eigenvalue weighted by Crippen LogP contribution is -2.28. The highest BCUT2D eigenvalue weighted by atomic mass is 16.5. The minimum Gasteiger partial charge on any atom is -0.360 e. The molecule has 3 rings (SSSR count). The maximum absolute atomic E-state index is 12.2. The van der Waals surface area contributed by atoms with Crippen molar-refractivity contribution >= 4 is 17.6 Å². The van der Waals surface area contributed by atoms with Crippen LogP contribution in [-0.2, 0) is 16.1 Å². The Balaban J connectivity index is 1.60. The molecule has 1 aliphatic rings. The van der Waals surface area contributed by atoms with E-state index in [2.05, 4.69) is 10.5 Å². The number of nitrogens with zero attached hydrogens (tertiary/aromatic N) is 2. The van der Waals surface area contributed by atoms with Crippen LogP contribution in [0.1, 0.15) is 17.7 Å². The first-order valence-electron chi connectivity index (χ1n) is 7.17. The Labute approximate surface area is 128 Å². The van der Waals surface area contributed by atoms with Gasteiger partial charge in [0.15, 0.2) is 5.82 Å². The molecule has 2 aromatic rings. The van der Waals surface area contributed by atoms with Crippen molar-refractivity contribution in [3.05, 3.63) is 47.7 Å². The number of aryl methyl sites for hydroxylation is 1. The van der Waals surface area contributed by atoms with Crippen molar-refractivity contribution in [2.24, 2.45) is 5.92 Å². The molecule has 114 valence electrons. The average molecular weight is 299 g/mol. The Hall–Kier alpha value is -2.63. The molecule has 1 atom stereocenters. The largest absolute Gasteiger partial charge is 0.360 e. The van der Waals surface area contributed by atoms with E-state index >= 15 is 0 Å². The van der Waals surface area contributed by atoms with Crippen molar-refractivity contribution in [2.45, 2.75) is 19.9 Å². The van der Waals surface area contributed by atoms with Gasteiger partial charge in [0, 0.05) is 25.6 Å². The van der Waals surface area contributed by atoms with Crippen LogP contribution in [0.3, 0.4) is 0 Å². The number of likely N-dealkylation sites (tertiary alicyclic amines) is 1. The molecule has 0 spiro atoms.